The fourth-order valence-corrected chi connectivity index (χ4v) is 3.19. The number of piperidine rings is 1. The van der Waals surface area contributed by atoms with Gasteiger partial charge in [0.05, 0.1) is 33.0 Å². The van der Waals surface area contributed by atoms with Gasteiger partial charge in [-0.15, -0.1) is 0 Å². The molecule has 1 aromatic carbocycles. The van der Waals surface area contributed by atoms with E-state index in [-0.39, 0.29) is 5.91 Å². The number of hydrogen-bond acceptors (Lipinski definition) is 4. The van der Waals surface area contributed by atoms with Gasteiger partial charge in [0.15, 0.2) is 11.5 Å². The zero-order valence-corrected chi connectivity index (χ0v) is 14.1. The van der Waals surface area contributed by atoms with Crippen molar-refractivity contribution in [1.82, 2.24) is 14.5 Å². The number of rotatable bonds is 5. The number of methoxy groups -OCH3 is 2. The molecular weight excluding hydrogens is 306 g/mol. The minimum Gasteiger partial charge on any atom is -0.493 e. The van der Waals surface area contributed by atoms with E-state index < -0.39 is 0 Å². The Hall–Kier alpha value is -2.50. The first kappa shape index (κ1) is 16.4. The molecule has 1 aromatic heterocycles. The Kier molecular flexibility index (Phi) is 5.03. The molecule has 1 aliphatic rings. The molecule has 128 valence electrons. The van der Waals surface area contributed by atoms with Gasteiger partial charge in [0.1, 0.15) is 0 Å². The van der Waals surface area contributed by atoms with Crippen LogP contribution in [-0.4, -0.2) is 47.7 Å². The highest BCUT2D eigenvalue weighted by molar-refractivity contribution is 5.79. The van der Waals surface area contributed by atoms with Crippen LogP contribution in [0, 0.1) is 0 Å². The Morgan fingerprint density at radius 1 is 1.29 bits per heavy atom. The van der Waals surface area contributed by atoms with E-state index >= 15 is 0 Å². The van der Waals surface area contributed by atoms with E-state index in [0.29, 0.717) is 24.0 Å². The van der Waals surface area contributed by atoms with Crippen LogP contribution in [0.2, 0.25) is 0 Å². The lowest BCUT2D eigenvalue weighted by molar-refractivity contribution is -0.132. The standard InChI is InChI=1S/C18H23N3O3/c1-23-16-6-5-14(10-17(16)24-2)11-18(22)20-8-3-4-15(12-20)21-9-7-19-13-21/h5-7,9-10,13,15H,3-4,8,11-12H2,1-2H3/t15-/m1/s1. The van der Waals surface area contributed by atoms with Gasteiger partial charge in [-0.2, -0.15) is 0 Å². The molecule has 0 radical (unpaired) electrons. The molecule has 0 N–H and O–H groups in total. The van der Waals surface area contributed by atoms with Gasteiger partial charge < -0.3 is 18.9 Å². The Morgan fingerprint density at radius 3 is 2.83 bits per heavy atom. The SMILES string of the molecule is COc1ccc(CC(=O)N2CCC[C@@H](n3ccnc3)C2)cc1OC. The quantitative estimate of drug-likeness (QED) is 0.845. The summed E-state index contributed by atoms with van der Waals surface area (Å²) in [5, 5.41) is 0. The van der Waals surface area contributed by atoms with E-state index in [2.05, 4.69) is 9.55 Å². The molecular formula is C18H23N3O3. The molecule has 6 nitrogen and oxygen atoms in total. The Labute approximate surface area is 142 Å². The summed E-state index contributed by atoms with van der Waals surface area (Å²) in [6, 6.07) is 5.94. The molecule has 0 unspecified atom stereocenters. The topological polar surface area (TPSA) is 56.6 Å². The first-order valence-corrected chi connectivity index (χ1v) is 8.17. The van der Waals surface area contributed by atoms with Crippen molar-refractivity contribution >= 4 is 5.91 Å². The number of benzene rings is 1. The molecule has 6 heteroatoms. The first-order valence-electron chi connectivity index (χ1n) is 8.17. The predicted octanol–water partition coefficient (Wildman–Crippen LogP) is 2.31. The molecule has 1 aliphatic heterocycles. The van der Waals surface area contributed by atoms with Crippen molar-refractivity contribution in [3.05, 3.63) is 42.5 Å². The molecule has 0 bridgehead atoms. The van der Waals surface area contributed by atoms with E-state index in [9.17, 15) is 4.79 Å². The van der Waals surface area contributed by atoms with Crippen molar-refractivity contribution in [1.29, 1.82) is 0 Å². The molecule has 24 heavy (non-hydrogen) atoms. The van der Waals surface area contributed by atoms with E-state index in [4.69, 9.17) is 9.47 Å². The van der Waals surface area contributed by atoms with Crippen LogP contribution < -0.4 is 9.47 Å². The monoisotopic (exact) mass is 329 g/mol. The number of carbonyl (C=O) groups is 1. The van der Waals surface area contributed by atoms with E-state index in [1.54, 1.807) is 20.4 Å². The zero-order chi connectivity index (χ0) is 16.9. The Balaban J connectivity index is 1.66. The van der Waals surface area contributed by atoms with Crippen LogP contribution in [0.4, 0.5) is 0 Å². The number of imidazole rings is 1. The number of hydrogen-bond donors (Lipinski definition) is 0. The maximum Gasteiger partial charge on any atom is 0.227 e. The van der Waals surface area contributed by atoms with Gasteiger partial charge in [0.25, 0.3) is 0 Å². The lowest BCUT2D eigenvalue weighted by atomic mass is 10.0. The van der Waals surface area contributed by atoms with Crippen LogP contribution >= 0.6 is 0 Å². The largest absolute Gasteiger partial charge is 0.493 e. The van der Waals surface area contributed by atoms with Crippen molar-refractivity contribution in [2.45, 2.75) is 25.3 Å². The third-order valence-electron chi connectivity index (χ3n) is 4.50. The van der Waals surface area contributed by atoms with Crippen LogP contribution in [0.15, 0.2) is 36.9 Å². The predicted molar refractivity (Wildman–Crippen MR) is 90.3 cm³/mol. The molecule has 0 saturated carbocycles. The summed E-state index contributed by atoms with van der Waals surface area (Å²) in [6.07, 6.45) is 8.04. The van der Waals surface area contributed by atoms with Gasteiger partial charge in [0, 0.05) is 25.5 Å². The molecule has 3 rings (SSSR count). The van der Waals surface area contributed by atoms with Crippen molar-refractivity contribution in [2.24, 2.45) is 0 Å². The first-order chi connectivity index (χ1) is 11.7. The maximum atomic E-state index is 12.7. The van der Waals surface area contributed by atoms with E-state index in [1.165, 1.54) is 0 Å². The normalized spacial score (nSPS) is 17.6. The molecule has 1 atom stereocenters. The van der Waals surface area contributed by atoms with Crippen LogP contribution in [0.5, 0.6) is 11.5 Å². The lowest BCUT2D eigenvalue weighted by Crippen LogP contribution is -2.41. The second-order valence-corrected chi connectivity index (χ2v) is 6.01. The molecule has 2 aromatic rings. The minimum absolute atomic E-state index is 0.145. The number of nitrogens with zero attached hydrogens (tertiary/aromatic N) is 3. The summed E-state index contributed by atoms with van der Waals surface area (Å²) >= 11 is 0. The van der Waals surface area contributed by atoms with Gasteiger partial charge in [0.2, 0.25) is 5.91 Å². The second-order valence-electron chi connectivity index (χ2n) is 6.01. The van der Waals surface area contributed by atoms with Gasteiger partial charge in [-0.1, -0.05) is 6.07 Å². The van der Waals surface area contributed by atoms with E-state index in [0.717, 1.165) is 31.5 Å². The van der Waals surface area contributed by atoms with Gasteiger partial charge in [-0.25, -0.2) is 4.98 Å². The average Bonchev–Trinajstić information content (AvgIpc) is 3.16. The smallest absolute Gasteiger partial charge is 0.227 e. The minimum atomic E-state index is 0.145. The lowest BCUT2D eigenvalue weighted by Gasteiger charge is -2.33. The summed E-state index contributed by atoms with van der Waals surface area (Å²) in [4.78, 5) is 18.7. The molecule has 1 amide bonds. The Bertz CT molecular complexity index is 685. The third kappa shape index (κ3) is 3.53. The zero-order valence-electron chi connectivity index (χ0n) is 14.1. The molecule has 1 saturated heterocycles. The molecule has 2 heterocycles. The summed E-state index contributed by atoms with van der Waals surface area (Å²) in [5.74, 6) is 1.47. The highest BCUT2D eigenvalue weighted by atomic mass is 16.5. The third-order valence-corrected chi connectivity index (χ3v) is 4.50. The van der Waals surface area contributed by atoms with Crippen LogP contribution in [0.1, 0.15) is 24.4 Å². The highest BCUT2D eigenvalue weighted by Crippen LogP contribution is 2.28. The van der Waals surface area contributed by atoms with Gasteiger partial charge >= 0.3 is 0 Å². The maximum absolute atomic E-state index is 12.7. The second kappa shape index (κ2) is 7.38. The average molecular weight is 329 g/mol. The number of carbonyl (C=O) groups excluding carboxylic acids is 1. The summed E-state index contributed by atoms with van der Waals surface area (Å²) in [6.45, 7) is 1.56. The fourth-order valence-electron chi connectivity index (χ4n) is 3.19. The molecule has 0 spiro atoms. The molecule has 1 fully saturated rings. The van der Waals surface area contributed by atoms with Crippen LogP contribution in [0.25, 0.3) is 0 Å². The number of amides is 1. The summed E-state index contributed by atoms with van der Waals surface area (Å²) < 4.78 is 12.6. The van der Waals surface area contributed by atoms with E-state index in [1.807, 2.05) is 35.6 Å². The van der Waals surface area contributed by atoms with Gasteiger partial charge in [-0.3, -0.25) is 4.79 Å². The Morgan fingerprint density at radius 2 is 2.12 bits per heavy atom. The van der Waals surface area contributed by atoms with Crippen LogP contribution in [0.3, 0.4) is 0 Å². The van der Waals surface area contributed by atoms with Gasteiger partial charge in [-0.05, 0) is 30.5 Å². The highest BCUT2D eigenvalue weighted by Gasteiger charge is 2.24. The van der Waals surface area contributed by atoms with Crippen molar-refractivity contribution in [3.8, 4) is 11.5 Å². The fraction of sp³-hybridized carbons (Fsp3) is 0.444. The number of likely N-dealkylation sites (tertiary alicyclic amines) is 1. The summed E-state index contributed by atoms with van der Waals surface area (Å²) in [5.41, 5.74) is 0.933. The number of aromatic nitrogens is 2. The molecule has 0 aliphatic carbocycles. The van der Waals surface area contributed by atoms with Crippen LogP contribution in [-0.2, 0) is 11.2 Å². The summed E-state index contributed by atoms with van der Waals surface area (Å²) in [7, 11) is 3.20. The van der Waals surface area contributed by atoms with Crippen molar-refractivity contribution in [3.63, 3.8) is 0 Å². The number of ether oxygens (including phenoxy) is 2. The van der Waals surface area contributed by atoms with Crippen molar-refractivity contribution in [2.75, 3.05) is 27.3 Å². The van der Waals surface area contributed by atoms with Crippen molar-refractivity contribution < 1.29 is 14.3 Å².